The van der Waals surface area contributed by atoms with Gasteiger partial charge >= 0.3 is 5.97 Å². The first-order chi connectivity index (χ1) is 12.5. The minimum Gasteiger partial charge on any atom is -0.497 e. The van der Waals surface area contributed by atoms with Gasteiger partial charge in [0.05, 0.1) is 28.4 Å². The summed E-state index contributed by atoms with van der Waals surface area (Å²) in [6, 6.07) is 13.3. The lowest BCUT2D eigenvalue weighted by molar-refractivity contribution is -0.123. The van der Waals surface area contributed by atoms with Crippen LogP contribution in [0.15, 0.2) is 53.4 Å². The predicted molar refractivity (Wildman–Crippen MR) is 99.9 cm³/mol. The van der Waals surface area contributed by atoms with Crippen molar-refractivity contribution in [2.75, 3.05) is 18.2 Å². The van der Waals surface area contributed by atoms with E-state index in [2.05, 4.69) is 5.32 Å². The minimum atomic E-state index is -1.30. The third kappa shape index (κ3) is 4.92. The monoisotopic (exact) mass is 375 g/mol. The Morgan fingerprint density at radius 2 is 1.77 bits per heavy atom. The summed E-state index contributed by atoms with van der Waals surface area (Å²) in [6.45, 7) is 3.25. The molecule has 2 rings (SSSR count). The zero-order valence-electron chi connectivity index (χ0n) is 14.9. The molecule has 2 atom stereocenters. The number of amides is 1. The molecule has 7 heteroatoms. The molecule has 1 amide bonds. The molecular formula is C19H21NO5S. The van der Waals surface area contributed by atoms with Crippen LogP contribution in [0.3, 0.4) is 0 Å². The fourth-order valence-corrected chi connectivity index (χ4v) is 3.12. The summed E-state index contributed by atoms with van der Waals surface area (Å²) < 4.78 is 22.4. The molecule has 138 valence electrons. The molecule has 0 aliphatic carbocycles. The Hall–Kier alpha value is -2.67. The maximum atomic E-state index is 12.4. The molecule has 26 heavy (non-hydrogen) atoms. The largest absolute Gasteiger partial charge is 0.497 e. The van der Waals surface area contributed by atoms with Gasteiger partial charge in [-0.15, -0.1) is 0 Å². The molecular weight excluding hydrogens is 354 g/mol. The van der Waals surface area contributed by atoms with Gasteiger partial charge in [0, 0.05) is 11.4 Å². The van der Waals surface area contributed by atoms with E-state index in [1.54, 1.807) is 62.6 Å². The molecule has 0 aliphatic rings. The molecule has 0 fully saturated rings. The maximum Gasteiger partial charge on any atom is 0.340 e. The van der Waals surface area contributed by atoms with Gasteiger partial charge in [-0.1, -0.05) is 19.1 Å². The Kier molecular flexibility index (Phi) is 6.91. The van der Waals surface area contributed by atoms with Crippen molar-refractivity contribution in [3.05, 3.63) is 54.1 Å². The van der Waals surface area contributed by atoms with Crippen LogP contribution in [0.4, 0.5) is 5.69 Å². The zero-order chi connectivity index (χ0) is 19.1. The quantitative estimate of drug-likeness (QED) is 0.753. The van der Waals surface area contributed by atoms with Crippen molar-refractivity contribution in [3.8, 4) is 5.75 Å². The van der Waals surface area contributed by atoms with Crippen molar-refractivity contribution in [3.63, 3.8) is 0 Å². The normalized spacial score (nSPS) is 12.7. The van der Waals surface area contributed by atoms with Gasteiger partial charge in [-0.25, -0.2) is 4.79 Å². The van der Waals surface area contributed by atoms with E-state index in [1.165, 1.54) is 6.92 Å². The van der Waals surface area contributed by atoms with Crippen LogP contribution >= 0.6 is 0 Å². The molecule has 2 aromatic carbocycles. The number of anilines is 1. The molecule has 0 saturated heterocycles. The summed E-state index contributed by atoms with van der Waals surface area (Å²) in [5, 5.41) is 2.67. The van der Waals surface area contributed by atoms with Crippen LogP contribution in [0.2, 0.25) is 0 Å². The van der Waals surface area contributed by atoms with Gasteiger partial charge in [-0.2, -0.15) is 0 Å². The highest BCUT2D eigenvalue weighted by atomic mass is 32.2. The second-order valence-electron chi connectivity index (χ2n) is 5.40. The van der Waals surface area contributed by atoms with Crippen LogP contribution in [0, 0.1) is 0 Å². The van der Waals surface area contributed by atoms with Crippen LogP contribution in [-0.2, 0) is 20.3 Å². The molecule has 0 bridgehead atoms. The number of carbonyl (C=O) groups is 2. The van der Waals surface area contributed by atoms with E-state index in [-0.39, 0.29) is 5.56 Å². The number of esters is 1. The fraction of sp³-hybridized carbons (Fsp3) is 0.263. The van der Waals surface area contributed by atoms with Crippen molar-refractivity contribution < 1.29 is 23.3 Å². The van der Waals surface area contributed by atoms with Gasteiger partial charge in [0.25, 0.3) is 5.91 Å². The highest BCUT2D eigenvalue weighted by molar-refractivity contribution is 7.85. The number of hydrogen-bond donors (Lipinski definition) is 1. The van der Waals surface area contributed by atoms with E-state index in [9.17, 15) is 13.8 Å². The second kappa shape index (κ2) is 9.15. The number of methoxy groups -OCH3 is 1. The molecule has 0 radical (unpaired) electrons. The number of carbonyl (C=O) groups excluding carboxylic acids is 2. The first-order valence-electron chi connectivity index (χ1n) is 8.09. The smallest absolute Gasteiger partial charge is 0.340 e. The molecule has 2 aromatic rings. The molecule has 0 saturated carbocycles. The van der Waals surface area contributed by atoms with Crippen LogP contribution in [0.5, 0.6) is 5.75 Å². The van der Waals surface area contributed by atoms with Gasteiger partial charge < -0.3 is 14.8 Å². The van der Waals surface area contributed by atoms with Gasteiger partial charge in [-0.05, 0) is 43.3 Å². The minimum absolute atomic E-state index is 0.205. The molecule has 1 N–H and O–H groups in total. The Morgan fingerprint density at radius 1 is 1.12 bits per heavy atom. The molecule has 0 unspecified atom stereocenters. The third-order valence-electron chi connectivity index (χ3n) is 3.63. The van der Waals surface area contributed by atoms with Crippen LogP contribution in [0.1, 0.15) is 24.2 Å². The van der Waals surface area contributed by atoms with E-state index in [4.69, 9.17) is 9.47 Å². The van der Waals surface area contributed by atoms with E-state index in [0.717, 1.165) is 0 Å². The summed E-state index contributed by atoms with van der Waals surface area (Å²) in [4.78, 5) is 25.0. The van der Waals surface area contributed by atoms with Crippen molar-refractivity contribution in [2.24, 2.45) is 0 Å². The maximum absolute atomic E-state index is 12.4. The van der Waals surface area contributed by atoms with E-state index in [1.807, 2.05) is 0 Å². The Morgan fingerprint density at radius 3 is 2.38 bits per heavy atom. The fourth-order valence-electron chi connectivity index (χ4n) is 2.19. The predicted octanol–water partition coefficient (Wildman–Crippen LogP) is 3.01. The van der Waals surface area contributed by atoms with Gasteiger partial charge in [0.15, 0.2) is 6.10 Å². The second-order valence-corrected chi connectivity index (χ2v) is 7.10. The van der Waals surface area contributed by atoms with Gasteiger partial charge in [-0.3, -0.25) is 9.00 Å². The Balaban J connectivity index is 2.04. The van der Waals surface area contributed by atoms with Crippen molar-refractivity contribution in [1.29, 1.82) is 0 Å². The SMILES string of the molecule is CC[S@](=O)c1ccccc1C(=O)O[C@H](C)C(=O)Nc1ccc(OC)cc1. The van der Waals surface area contributed by atoms with Crippen LogP contribution < -0.4 is 10.1 Å². The van der Waals surface area contributed by atoms with Gasteiger partial charge in [0.1, 0.15) is 5.75 Å². The zero-order valence-corrected chi connectivity index (χ0v) is 15.7. The molecule has 0 aromatic heterocycles. The number of hydrogen-bond acceptors (Lipinski definition) is 5. The third-order valence-corrected chi connectivity index (χ3v) is 5.00. The van der Waals surface area contributed by atoms with E-state index < -0.39 is 28.8 Å². The molecule has 0 spiro atoms. The average molecular weight is 375 g/mol. The Labute approximate surface area is 155 Å². The lowest BCUT2D eigenvalue weighted by Gasteiger charge is -2.15. The summed E-state index contributed by atoms with van der Waals surface area (Å²) in [7, 11) is 0.258. The molecule has 0 heterocycles. The first-order valence-corrected chi connectivity index (χ1v) is 9.41. The number of nitrogens with one attached hydrogen (secondary N) is 1. The number of benzene rings is 2. The highest BCUT2D eigenvalue weighted by Crippen LogP contribution is 2.17. The van der Waals surface area contributed by atoms with Gasteiger partial charge in [0.2, 0.25) is 0 Å². The van der Waals surface area contributed by atoms with E-state index >= 15 is 0 Å². The van der Waals surface area contributed by atoms with Crippen LogP contribution in [0.25, 0.3) is 0 Å². The molecule has 6 nitrogen and oxygen atoms in total. The lowest BCUT2D eigenvalue weighted by Crippen LogP contribution is -2.30. The standard InChI is InChI=1S/C19H21NO5S/c1-4-26(23)17-8-6-5-7-16(17)19(22)25-13(2)18(21)20-14-9-11-15(24-3)12-10-14/h5-13H,4H2,1-3H3,(H,20,21)/t13-,26+/m1/s1. The molecule has 0 aliphatic heterocycles. The average Bonchev–Trinajstić information content (AvgIpc) is 2.67. The summed E-state index contributed by atoms with van der Waals surface area (Å²) >= 11 is 0. The van der Waals surface area contributed by atoms with E-state index in [0.29, 0.717) is 22.1 Å². The topological polar surface area (TPSA) is 81.7 Å². The number of rotatable bonds is 7. The Bertz CT molecular complexity index is 804. The van der Waals surface area contributed by atoms with Crippen LogP contribution in [-0.4, -0.2) is 35.1 Å². The summed E-state index contributed by atoms with van der Waals surface area (Å²) in [5.74, 6) is -0.0851. The van der Waals surface area contributed by atoms with Crippen molar-refractivity contribution in [2.45, 2.75) is 24.8 Å². The van der Waals surface area contributed by atoms with Crippen molar-refractivity contribution >= 4 is 28.4 Å². The lowest BCUT2D eigenvalue weighted by atomic mass is 10.2. The summed E-state index contributed by atoms with van der Waals surface area (Å²) in [6.07, 6.45) is -1.01. The summed E-state index contributed by atoms with van der Waals surface area (Å²) in [5.41, 5.74) is 0.767. The first kappa shape index (κ1) is 19.7. The highest BCUT2D eigenvalue weighted by Gasteiger charge is 2.22. The van der Waals surface area contributed by atoms with Crippen molar-refractivity contribution in [1.82, 2.24) is 0 Å². The number of ether oxygens (including phenoxy) is 2.